The van der Waals surface area contributed by atoms with E-state index in [4.69, 9.17) is 23.7 Å². The van der Waals surface area contributed by atoms with Gasteiger partial charge in [0.05, 0.1) is 33.5 Å². The van der Waals surface area contributed by atoms with Crippen molar-refractivity contribution in [3.8, 4) is 17.2 Å². The molecule has 192 valence electrons. The van der Waals surface area contributed by atoms with Gasteiger partial charge in [0.15, 0.2) is 17.3 Å². The summed E-state index contributed by atoms with van der Waals surface area (Å²) in [4.78, 5) is 28.2. The van der Waals surface area contributed by atoms with Crippen molar-refractivity contribution in [2.45, 2.75) is 31.6 Å². The summed E-state index contributed by atoms with van der Waals surface area (Å²) in [5.41, 5.74) is 3.10. The normalized spacial score (nSPS) is 19.5. The van der Waals surface area contributed by atoms with Gasteiger partial charge in [-0.05, 0) is 42.5 Å². The van der Waals surface area contributed by atoms with E-state index in [1.54, 1.807) is 30.6 Å². The first kappa shape index (κ1) is 25.8. The number of carbonyl (C=O) groups is 2. The zero-order valence-electron chi connectivity index (χ0n) is 21.1. The van der Waals surface area contributed by atoms with Gasteiger partial charge in [-0.3, -0.25) is 4.79 Å². The van der Waals surface area contributed by atoms with Crippen LogP contribution in [-0.4, -0.2) is 53.4 Å². The van der Waals surface area contributed by atoms with E-state index in [9.17, 15) is 9.59 Å². The largest absolute Gasteiger partial charge is 0.493 e. The molecule has 2 atom stereocenters. The molecule has 4 rings (SSSR count). The molecule has 1 N–H and O–H groups in total. The maximum Gasteiger partial charge on any atom is 0.336 e. The molecule has 0 fully saturated rings. The minimum Gasteiger partial charge on any atom is -0.493 e. The van der Waals surface area contributed by atoms with E-state index >= 15 is 0 Å². The lowest BCUT2D eigenvalue weighted by Crippen LogP contribution is -2.36. The van der Waals surface area contributed by atoms with Crippen molar-refractivity contribution in [1.82, 2.24) is 5.32 Å². The van der Waals surface area contributed by atoms with Crippen LogP contribution >= 0.6 is 11.3 Å². The minimum absolute atomic E-state index is 0.00408. The third kappa shape index (κ3) is 4.85. The van der Waals surface area contributed by atoms with Gasteiger partial charge in [0, 0.05) is 47.2 Å². The smallest absolute Gasteiger partial charge is 0.336 e. The van der Waals surface area contributed by atoms with E-state index in [-0.39, 0.29) is 24.9 Å². The van der Waals surface area contributed by atoms with Crippen molar-refractivity contribution < 1.29 is 33.3 Å². The Morgan fingerprint density at radius 3 is 2.36 bits per heavy atom. The Bertz CT molecular complexity index is 1170. The van der Waals surface area contributed by atoms with Gasteiger partial charge in [-0.15, -0.1) is 11.3 Å². The summed E-state index contributed by atoms with van der Waals surface area (Å²) < 4.78 is 27.2. The summed E-state index contributed by atoms with van der Waals surface area (Å²) in [5, 5.41) is 5.39. The molecular weight excluding hydrogens is 482 g/mol. The van der Waals surface area contributed by atoms with Crippen LogP contribution in [0.4, 0.5) is 0 Å². The molecule has 0 radical (unpaired) electrons. The van der Waals surface area contributed by atoms with Crippen molar-refractivity contribution in [2.24, 2.45) is 0 Å². The monoisotopic (exact) mass is 513 g/mol. The Hall–Kier alpha value is -3.30. The number of ketones is 1. The summed E-state index contributed by atoms with van der Waals surface area (Å²) >= 11 is 1.65. The highest BCUT2D eigenvalue weighted by Crippen LogP contribution is 2.49. The second kappa shape index (κ2) is 11.2. The lowest BCUT2D eigenvalue weighted by molar-refractivity contribution is -0.140. The molecule has 1 aliphatic carbocycles. The number of rotatable bonds is 9. The van der Waals surface area contributed by atoms with Crippen molar-refractivity contribution in [3.05, 3.63) is 62.6 Å². The van der Waals surface area contributed by atoms with Gasteiger partial charge in [-0.1, -0.05) is 6.07 Å². The van der Waals surface area contributed by atoms with Crippen LogP contribution in [0.1, 0.15) is 42.0 Å². The standard InChI is InChI=1S/C27H31NO7S/c1-15-23(27(30)35-9-8-31-2)24(17-13-20(32-3)26(34-5)21(14-17)33-4)25-18(28-15)11-16(12-19(25)29)22-7-6-10-36-22/h6-7,10,13-14,16,24,28H,8-9,11-12H2,1-5H3/t16-,24-/m0/s1. The molecule has 9 heteroatoms. The van der Waals surface area contributed by atoms with E-state index in [1.165, 1.54) is 26.2 Å². The maximum atomic E-state index is 13.7. The van der Waals surface area contributed by atoms with Gasteiger partial charge in [-0.2, -0.15) is 0 Å². The first-order valence-electron chi connectivity index (χ1n) is 11.7. The Morgan fingerprint density at radius 1 is 1.06 bits per heavy atom. The van der Waals surface area contributed by atoms with Crippen LogP contribution < -0.4 is 19.5 Å². The fourth-order valence-corrected chi connectivity index (χ4v) is 5.76. The Balaban J connectivity index is 1.85. The molecule has 2 heterocycles. The number of allylic oxidation sites excluding steroid dienone is 3. The number of methoxy groups -OCH3 is 4. The average Bonchev–Trinajstić information content (AvgIpc) is 3.42. The summed E-state index contributed by atoms with van der Waals surface area (Å²) in [6, 6.07) is 7.64. The van der Waals surface area contributed by atoms with Crippen molar-refractivity contribution in [2.75, 3.05) is 41.7 Å². The molecular formula is C27H31NO7S. The molecule has 1 aromatic carbocycles. The Morgan fingerprint density at radius 2 is 1.78 bits per heavy atom. The molecule has 36 heavy (non-hydrogen) atoms. The number of carbonyl (C=O) groups excluding carboxylic acids is 2. The van der Waals surface area contributed by atoms with Gasteiger partial charge < -0.3 is 29.0 Å². The molecule has 8 nitrogen and oxygen atoms in total. The second-order valence-corrected chi connectivity index (χ2v) is 9.60. The quantitative estimate of drug-likeness (QED) is 0.391. The van der Waals surface area contributed by atoms with E-state index in [1.807, 2.05) is 18.4 Å². The predicted octanol–water partition coefficient (Wildman–Crippen LogP) is 4.33. The molecule has 1 aromatic heterocycles. The highest BCUT2D eigenvalue weighted by molar-refractivity contribution is 7.10. The molecule has 2 aromatic rings. The van der Waals surface area contributed by atoms with Crippen LogP contribution in [0.2, 0.25) is 0 Å². The SMILES string of the molecule is COCCOC(=O)C1=C(C)NC2=C(C(=O)C[C@@H](c3cccs3)C2)[C@H]1c1cc(OC)c(OC)c(OC)c1. The Labute approximate surface area is 214 Å². The number of nitrogens with one attached hydrogen (secondary N) is 1. The van der Waals surface area contributed by atoms with Crippen LogP contribution in [-0.2, 0) is 19.1 Å². The average molecular weight is 514 g/mol. The van der Waals surface area contributed by atoms with Crippen LogP contribution in [0, 0.1) is 0 Å². The third-order valence-electron chi connectivity index (χ3n) is 6.53. The number of hydrogen-bond donors (Lipinski definition) is 1. The molecule has 0 saturated carbocycles. The summed E-state index contributed by atoms with van der Waals surface area (Å²) in [7, 11) is 6.14. The molecule has 0 amide bonds. The van der Waals surface area contributed by atoms with Crippen LogP contribution in [0.25, 0.3) is 0 Å². The number of ether oxygens (including phenoxy) is 5. The molecule has 0 saturated heterocycles. The highest BCUT2D eigenvalue weighted by atomic mass is 32.1. The predicted molar refractivity (Wildman–Crippen MR) is 136 cm³/mol. The molecule has 0 spiro atoms. The summed E-state index contributed by atoms with van der Waals surface area (Å²) in [6.45, 7) is 2.21. The van der Waals surface area contributed by atoms with Crippen LogP contribution in [0.5, 0.6) is 17.2 Å². The number of benzene rings is 1. The fourth-order valence-electron chi connectivity index (χ4n) is 4.93. The van der Waals surface area contributed by atoms with E-state index in [0.29, 0.717) is 52.5 Å². The fraction of sp³-hybridized carbons (Fsp3) is 0.407. The number of dihydropyridines is 1. The number of Topliss-reactive ketones (excluding diaryl/α,β-unsaturated/α-hetero) is 1. The summed E-state index contributed by atoms with van der Waals surface area (Å²) in [6.07, 6.45) is 1.04. The van der Waals surface area contributed by atoms with Crippen LogP contribution in [0.3, 0.4) is 0 Å². The highest BCUT2D eigenvalue weighted by Gasteiger charge is 2.42. The van der Waals surface area contributed by atoms with Crippen molar-refractivity contribution in [1.29, 1.82) is 0 Å². The van der Waals surface area contributed by atoms with Gasteiger partial charge >= 0.3 is 5.97 Å². The van der Waals surface area contributed by atoms with E-state index < -0.39 is 11.9 Å². The maximum absolute atomic E-state index is 13.7. The lowest BCUT2D eigenvalue weighted by Gasteiger charge is -2.36. The van der Waals surface area contributed by atoms with E-state index in [0.717, 1.165) is 5.70 Å². The molecule has 2 aliphatic rings. The zero-order chi connectivity index (χ0) is 25.8. The van der Waals surface area contributed by atoms with Gasteiger partial charge in [0.2, 0.25) is 5.75 Å². The van der Waals surface area contributed by atoms with Gasteiger partial charge in [0.25, 0.3) is 0 Å². The van der Waals surface area contributed by atoms with E-state index in [2.05, 4.69) is 11.4 Å². The zero-order valence-corrected chi connectivity index (χ0v) is 22.0. The first-order chi connectivity index (χ1) is 17.4. The van der Waals surface area contributed by atoms with Crippen molar-refractivity contribution in [3.63, 3.8) is 0 Å². The third-order valence-corrected chi connectivity index (χ3v) is 7.57. The van der Waals surface area contributed by atoms with Gasteiger partial charge in [-0.25, -0.2) is 4.79 Å². The topological polar surface area (TPSA) is 92.3 Å². The minimum atomic E-state index is -0.651. The van der Waals surface area contributed by atoms with Gasteiger partial charge in [0.1, 0.15) is 6.61 Å². The number of thiophene rings is 1. The molecule has 1 aliphatic heterocycles. The number of esters is 1. The summed E-state index contributed by atoms with van der Waals surface area (Å²) in [5.74, 6) is 0.249. The Kier molecular flexibility index (Phi) is 8.01. The first-order valence-corrected chi connectivity index (χ1v) is 12.5. The van der Waals surface area contributed by atoms with Crippen molar-refractivity contribution >= 4 is 23.1 Å². The molecule has 0 bridgehead atoms. The second-order valence-electron chi connectivity index (χ2n) is 8.62. The number of hydrogen-bond acceptors (Lipinski definition) is 9. The molecule has 0 unspecified atom stereocenters. The van der Waals surface area contributed by atoms with Crippen LogP contribution in [0.15, 0.2) is 52.2 Å². The lowest BCUT2D eigenvalue weighted by atomic mass is 9.72.